The zero-order valence-corrected chi connectivity index (χ0v) is 83.1. The van der Waals surface area contributed by atoms with Gasteiger partial charge in [0.15, 0.2) is 0 Å². The van der Waals surface area contributed by atoms with E-state index in [1.165, 1.54) is 89.4 Å². The number of ether oxygens (including phenoxy) is 6. The quantitative estimate of drug-likeness (QED) is 0.0617. The van der Waals surface area contributed by atoms with Crippen LogP contribution in [-0.2, 0) is 73.9 Å². The van der Waals surface area contributed by atoms with Crippen LogP contribution in [0, 0.1) is 73.0 Å². The number of hydrogen-bond donors (Lipinski definition) is 1. The van der Waals surface area contributed by atoms with Crippen molar-refractivity contribution >= 4 is 144 Å². The van der Waals surface area contributed by atoms with Gasteiger partial charge in [-0.25, -0.2) is 24.3 Å². The largest absolute Gasteiger partial charge is 0.433 e. The maximum atomic E-state index is 14.1. The Morgan fingerprint density at radius 1 is 0.329 bits per heavy atom. The molecule has 0 amide bonds. The molecule has 32 nitrogen and oxygen atoms in total. The Balaban J connectivity index is 0.000000118. The summed E-state index contributed by atoms with van der Waals surface area (Å²) in [5.74, 6) is 0.544. The van der Waals surface area contributed by atoms with Crippen LogP contribution in [-0.4, -0.2) is 314 Å². The van der Waals surface area contributed by atoms with Crippen LogP contribution in [0.3, 0.4) is 0 Å². The number of H-pyrrole nitrogens is 1. The Morgan fingerprint density at radius 3 is 1.13 bits per heavy atom. The minimum Gasteiger partial charge on any atom is -0.379 e. The molecule has 0 bridgehead atoms. The lowest BCUT2D eigenvalue weighted by molar-refractivity contribution is -0.492. The molecule has 24 rings (SSSR count). The third-order valence-corrected chi connectivity index (χ3v) is 28.0. The average molecular weight is 1980 g/mol. The smallest absolute Gasteiger partial charge is 0.379 e. The number of hydrogen-bond acceptors (Lipinski definition) is 24. The SMILES string of the molecule is C.Cc1cc2c(cn1)c1ccnc(C)c1n2CCN1CCOCC1.Cc1ccc2c3ccnc(C)c3n(CCN3CCOCC3)c2n1.Cc1nc2c(cc1F)c1ccnc(C)c1n2CCN1CCOCC1.Cc1ncc2c3ccnc(C)c3n(CCN3CCOCC3)c2n1.Cc1nccc2c3ccncc3n(CCN3CCOCC3)c12.Cl.O=[n+]1ccc2c3cc[nH]c(C(F)(F)F)c3n(CCN3CCOCC3)c2c1. The molecule has 0 saturated carbocycles. The van der Waals surface area contributed by atoms with E-state index in [0.717, 1.165) is 294 Å². The predicted octanol–water partition coefficient (Wildman–Crippen LogP) is 15.3. The molecular formula is C106H129ClF4N25O7+. The van der Waals surface area contributed by atoms with Crippen molar-refractivity contribution in [1.29, 1.82) is 0 Å². The van der Waals surface area contributed by atoms with Gasteiger partial charge in [-0.15, -0.1) is 12.4 Å². The van der Waals surface area contributed by atoms with E-state index in [0.29, 0.717) is 52.7 Å². The summed E-state index contributed by atoms with van der Waals surface area (Å²) in [6, 6.07) is 23.7. The Morgan fingerprint density at radius 2 is 0.685 bits per heavy atom. The number of rotatable bonds is 18. The molecule has 6 aliphatic heterocycles. The van der Waals surface area contributed by atoms with Crippen molar-refractivity contribution in [1.82, 2.24) is 117 Å². The summed E-state index contributed by atoms with van der Waals surface area (Å²) in [5, 5.41) is 12.8. The number of aryl methyl sites for hydroxylation is 9. The van der Waals surface area contributed by atoms with Gasteiger partial charge in [0, 0.05) is 300 Å². The second-order valence-corrected chi connectivity index (χ2v) is 37.0. The first kappa shape index (κ1) is 102. The fourth-order valence-electron chi connectivity index (χ4n) is 20.7. The number of nitrogens with one attached hydrogen (secondary N) is 1. The highest BCUT2D eigenvalue weighted by Gasteiger charge is 2.37. The fourth-order valence-corrected chi connectivity index (χ4v) is 20.7. The topological polar surface area (TPSA) is 285 Å². The maximum absolute atomic E-state index is 14.1. The predicted molar refractivity (Wildman–Crippen MR) is 555 cm³/mol. The summed E-state index contributed by atoms with van der Waals surface area (Å²) in [7, 11) is 0. The molecule has 6 aliphatic rings. The van der Waals surface area contributed by atoms with Gasteiger partial charge in [0.2, 0.25) is 6.20 Å². The minimum atomic E-state index is -4.52. The van der Waals surface area contributed by atoms with Crippen molar-refractivity contribution in [2.24, 2.45) is 0 Å². The third-order valence-electron chi connectivity index (χ3n) is 28.0. The lowest BCUT2D eigenvalue weighted by atomic mass is 10.2. The van der Waals surface area contributed by atoms with E-state index in [2.05, 4.69) is 192 Å². The summed E-state index contributed by atoms with van der Waals surface area (Å²) < 4.78 is 101. The highest BCUT2D eigenvalue weighted by Crippen LogP contribution is 2.40. The molecule has 0 radical (unpaired) electrons. The molecule has 6 fully saturated rings. The zero-order valence-electron chi connectivity index (χ0n) is 82.3. The van der Waals surface area contributed by atoms with Crippen molar-refractivity contribution in [3.05, 3.63) is 215 Å². The van der Waals surface area contributed by atoms with E-state index in [1.54, 1.807) is 35.9 Å². The van der Waals surface area contributed by atoms with Crippen LogP contribution >= 0.6 is 12.4 Å². The number of morpholine rings is 6. The number of aromatic amines is 1. The summed E-state index contributed by atoms with van der Waals surface area (Å²) >= 11 is 0. The van der Waals surface area contributed by atoms with Crippen LogP contribution in [0.15, 0.2) is 147 Å². The van der Waals surface area contributed by atoms with E-state index in [1.807, 2.05) is 69.5 Å². The Kier molecular flexibility index (Phi) is 33.1. The molecular weight excluding hydrogens is 1850 g/mol. The monoisotopic (exact) mass is 1980 g/mol. The normalized spacial score (nSPS) is 16.2. The lowest BCUT2D eigenvalue weighted by Crippen LogP contribution is -2.38. The number of fused-ring (bicyclic) bond motifs is 18. The van der Waals surface area contributed by atoms with Crippen molar-refractivity contribution < 1.29 is 50.4 Å². The molecule has 143 heavy (non-hydrogen) atoms. The highest BCUT2D eigenvalue weighted by molar-refractivity contribution is 6.12. The van der Waals surface area contributed by atoms with Gasteiger partial charge in [-0.2, -0.15) is 13.2 Å². The van der Waals surface area contributed by atoms with Gasteiger partial charge in [-0.05, 0) is 129 Å². The number of aromatic nitrogens is 19. The number of nitrogens with zero attached hydrogens (tertiary/aromatic N) is 24. The van der Waals surface area contributed by atoms with Gasteiger partial charge >= 0.3 is 6.18 Å². The van der Waals surface area contributed by atoms with E-state index in [-0.39, 0.29) is 31.2 Å². The van der Waals surface area contributed by atoms with Crippen molar-refractivity contribution in [3.8, 4) is 0 Å². The van der Waals surface area contributed by atoms with E-state index >= 15 is 0 Å². The summed E-state index contributed by atoms with van der Waals surface area (Å²) in [4.78, 5) is 78.1. The molecule has 754 valence electrons. The molecule has 18 aromatic heterocycles. The van der Waals surface area contributed by atoms with Crippen molar-refractivity contribution in [2.75, 3.05) is 197 Å². The Labute approximate surface area is 833 Å². The molecule has 1 N–H and O–H groups in total. The molecule has 0 aromatic carbocycles. The van der Waals surface area contributed by atoms with Gasteiger partial charge in [0.1, 0.15) is 39.8 Å². The van der Waals surface area contributed by atoms with Gasteiger partial charge < -0.3 is 60.8 Å². The first-order valence-electron chi connectivity index (χ1n) is 49.2. The summed E-state index contributed by atoms with van der Waals surface area (Å²) in [5.41, 5.74) is 18.8. The zero-order chi connectivity index (χ0) is 97.4. The van der Waals surface area contributed by atoms with Gasteiger partial charge in [0.05, 0.1) is 168 Å². The molecule has 0 unspecified atom stereocenters. The van der Waals surface area contributed by atoms with E-state index in [4.69, 9.17) is 38.4 Å². The second-order valence-electron chi connectivity index (χ2n) is 37.0. The summed E-state index contributed by atoms with van der Waals surface area (Å²) in [6.45, 7) is 49.6. The standard InChI is InChI=1S/C18H21FN4O.2C18H22N4O.C17H18F3N4O2.C17H21N5O.C17H20N4O.CH4.ClH/c1-12-16(19)11-15-14-3-4-20-13(2)17(14)23(18(15)21-12)6-5-22-7-9-24-10-8-22;1-13-11-17-16(12-20-13)15-3-4-19-14(2)18(15)22(17)6-5-21-7-9-23-10-8-21;1-13-3-4-16-15-5-6-19-14(2)17(15)22(18(16)20-13)8-7-21-9-11-23-12-10-21;18-17(19,20)16-15-13(1-3-21-16)12-2-4-23(25)11-14(12)24(15)6-5-22-7-9-26-10-8-22;1-12-16-14(3-4-18-12)15-11-19-13(2)20-17(15)22(16)6-5-21-7-9-23-10-8-21;1-13-17-15(3-5-19-13)14-2-4-18-12-16(14)21(17)7-6-20-8-10-22-11-9-20;;/h3-4,11H,5-10H2,1-2H3;3-4,11-12H,5-10H2,1-2H3;3-6H,7-12H2,1-2H3;1-4,11,21H,5-10H2;3-4,11H,5-10H2,1-2H3;2-5,12H,6-11H2,1H3;1H4;1H/q;;;+1;;;;. The number of alkyl halides is 3. The fraction of sp³-hybridized carbons (Fsp3) is 0.443. The maximum Gasteiger partial charge on any atom is 0.433 e. The summed E-state index contributed by atoms with van der Waals surface area (Å²) in [6.07, 6.45) is 16.5. The molecule has 24 heterocycles. The third kappa shape index (κ3) is 22.5. The molecule has 37 heteroatoms. The Hall–Kier alpha value is -12.1. The number of pyridine rings is 11. The van der Waals surface area contributed by atoms with Crippen LogP contribution in [0.2, 0.25) is 0 Å². The molecule has 18 aromatic rings. The van der Waals surface area contributed by atoms with E-state index in [9.17, 15) is 22.5 Å². The van der Waals surface area contributed by atoms with Crippen molar-refractivity contribution in [3.63, 3.8) is 0 Å². The van der Waals surface area contributed by atoms with Crippen LogP contribution in [0.25, 0.3) is 131 Å². The molecule has 0 aliphatic carbocycles. The van der Waals surface area contributed by atoms with Gasteiger partial charge in [0.25, 0.3) is 6.20 Å². The first-order chi connectivity index (χ1) is 68.7. The molecule has 0 atom stereocenters. The van der Waals surface area contributed by atoms with Gasteiger partial charge in [-0.1, -0.05) is 7.43 Å². The highest BCUT2D eigenvalue weighted by atomic mass is 35.5. The second kappa shape index (κ2) is 46.3. The molecule has 0 spiro atoms. The average Bonchev–Trinajstić information content (AvgIpc) is 1.61. The first-order valence-corrected chi connectivity index (χ1v) is 49.2. The minimum absolute atomic E-state index is 0. The lowest BCUT2D eigenvalue weighted by Gasteiger charge is -2.27. The number of halogens is 5. The van der Waals surface area contributed by atoms with Crippen LogP contribution in [0.5, 0.6) is 0 Å². The van der Waals surface area contributed by atoms with Crippen LogP contribution in [0.1, 0.15) is 64.5 Å². The Bertz CT molecular complexity index is 7210. The molecule has 6 saturated heterocycles. The van der Waals surface area contributed by atoms with Crippen LogP contribution < -0.4 is 4.43 Å². The van der Waals surface area contributed by atoms with E-state index < -0.39 is 11.9 Å². The van der Waals surface area contributed by atoms with Crippen molar-refractivity contribution in [2.45, 2.75) is 115 Å². The van der Waals surface area contributed by atoms with Gasteiger partial charge in [-0.3, -0.25) is 64.3 Å². The van der Waals surface area contributed by atoms with Crippen LogP contribution in [0.4, 0.5) is 17.6 Å².